The van der Waals surface area contributed by atoms with Gasteiger partial charge in [0, 0.05) is 13.1 Å². The van der Waals surface area contributed by atoms with Crippen LogP contribution in [0.1, 0.15) is 25.0 Å². The summed E-state index contributed by atoms with van der Waals surface area (Å²) in [6.45, 7) is 9.50. The van der Waals surface area contributed by atoms with Crippen LogP contribution >= 0.6 is 0 Å². The molecule has 1 aliphatic rings. The predicted octanol–water partition coefficient (Wildman–Crippen LogP) is 1.34. The number of benzene rings is 1. The highest BCUT2D eigenvalue weighted by molar-refractivity contribution is 5.35. The highest BCUT2D eigenvalue weighted by atomic mass is 16.5. The second-order valence-corrected chi connectivity index (χ2v) is 5.34. The second-order valence-electron chi connectivity index (χ2n) is 5.34. The Balaban J connectivity index is 2.07. The molecule has 0 radical (unpaired) electrons. The molecule has 4 heteroatoms. The van der Waals surface area contributed by atoms with Crippen LogP contribution in [0.15, 0.2) is 24.3 Å². The van der Waals surface area contributed by atoms with Crippen molar-refractivity contribution in [2.45, 2.75) is 26.0 Å². The molecular weight excluding hydrogens is 252 g/mol. The van der Waals surface area contributed by atoms with Gasteiger partial charge in [-0.05, 0) is 24.2 Å². The van der Waals surface area contributed by atoms with Gasteiger partial charge < -0.3 is 20.1 Å². The Morgan fingerprint density at radius 1 is 1.30 bits per heavy atom. The Labute approximate surface area is 121 Å². The van der Waals surface area contributed by atoms with E-state index in [0.717, 1.165) is 26.2 Å². The number of ether oxygens (including phenoxy) is 1. The molecule has 0 fully saturated rings. The average Bonchev–Trinajstić information content (AvgIpc) is 2.51. The van der Waals surface area contributed by atoms with E-state index in [1.807, 2.05) is 12.1 Å². The molecule has 1 aromatic carbocycles. The van der Waals surface area contributed by atoms with Gasteiger partial charge in [0.1, 0.15) is 0 Å². The van der Waals surface area contributed by atoms with E-state index in [1.54, 1.807) is 0 Å². The van der Waals surface area contributed by atoms with Gasteiger partial charge >= 0.3 is 0 Å². The molecule has 0 aliphatic carbocycles. The van der Waals surface area contributed by atoms with Crippen LogP contribution in [-0.2, 0) is 16.9 Å². The summed E-state index contributed by atoms with van der Waals surface area (Å²) in [6.07, 6.45) is 0. The van der Waals surface area contributed by atoms with Crippen LogP contribution in [0, 0.1) is 0 Å². The van der Waals surface area contributed by atoms with Crippen molar-refractivity contribution >= 4 is 0 Å². The third-order valence-corrected chi connectivity index (χ3v) is 4.19. The Morgan fingerprint density at radius 3 is 2.75 bits per heavy atom. The van der Waals surface area contributed by atoms with Crippen LogP contribution in [0.3, 0.4) is 0 Å². The molecule has 4 nitrogen and oxygen atoms in total. The van der Waals surface area contributed by atoms with Gasteiger partial charge in [0.05, 0.1) is 25.4 Å². The van der Waals surface area contributed by atoms with Crippen molar-refractivity contribution in [3.05, 3.63) is 35.4 Å². The second kappa shape index (κ2) is 7.18. The summed E-state index contributed by atoms with van der Waals surface area (Å²) in [5.74, 6) is 0. The Kier molecular flexibility index (Phi) is 5.54. The van der Waals surface area contributed by atoms with Crippen molar-refractivity contribution in [2.75, 3.05) is 39.4 Å². The zero-order valence-electron chi connectivity index (χ0n) is 12.6. The van der Waals surface area contributed by atoms with Crippen LogP contribution in [0.5, 0.6) is 0 Å². The maximum Gasteiger partial charge on any atom is 0.0910 e. The molecule has 20 heavy (non-hydrogen) atoms. The molecule has 1 heterocycles. The topological polar surface area (TPSA) is 44.7 Å². The van der Waals surface area contributed by atoms with Gasteiger partial charge in [0.15, 0.2) is 0 Å². The lowest BCUT2D eigenvalue weighted by atomic mass is 9.86. The third kappa shape index (κ3) is 3.20. The molecule has 1 aromatic rings. The van der Waals surface area contributed by atoms with Crippen LogP contribution in [-0.4, -0.2) is 49.4 Å². The van der Waals surface area contributed by atoms with Crippen molar-refractivity contribution in [1.82, 2.24) is 10.2 Å². The fourth-order valence-electron chi connectivity index (χ4n) is 2.85. The summed E-state index contributed by atoms with van der Waals surface area (Å²) in [4.78, 5) is 2.37. The summed E-state index contributed by atoms with van der Waals surface area (Å²) in [5, 5.41) is 13.4. The maximum atomic E-state index is 9.91. The quantitative estimate of drug-likeness (QED) is 0.790. The average molecular weight is 278 g/mol. The minimum Gasteiger partial charge on any atom is -0.394 e. The molecule has 2 N–H and O–H groups in total. The lowest BCUT2D eigenvalue weighted by molar-refractivity contribution is 0.00635. The van der Waals surface area contributed by atoms with Gasteiger partial charge in [0.25, 0.3) is 0 Å². The van der Waals surface area contributed by atoms with Gasteiger partial charge in [-0.25, -0.2) is 0 Å². The molecule has 0 saturated carbocycles. The van der Waals surface area contributed by atoms with Crippen molar-refractivity contribution in [2.24, 2.45) is 0 Å². The van der Waals surface area contributed by atoms with Crippen molar-refractivity contribution in [3.63, 3.8) is 0 Å². The van der Waals surface area contributed by atoms with Crippen LogP contribution in [0.25, 0.3) is 0 Å². The Morgan fingerprint density at radius 2 is 2.05 bits per heavy atom. The number of aliphatic hydroxyl groups is 1. The normalized spacial score (nSPS) is 22.0. The first-order valence-corrected chi connectivity index (χ1v) is 7.50. The predicted molar refractivity (Wildman–Crippen MR) is 80.7 cm³/mol. The minimum absolute atomic E-state index is 0.0578. The highest BCUT2D eigenvalue weighted by Crippen LogP contribution is 2.29. The minimum atomic E-state index is -0.456. The molecule has 0 amide bonds. The molecule has 1 unspecified atom stereocenters. The van der Waals surface area contributed by atoms with Gasteiger partial charge in [-0.2, -0.15) is 0 Å². The molecule has 1 atom stereocenters. The van der Waals surface area contributed by atoms with Crippen LogP contribution < -0.4 is 5.32 Å². The molecule has 0 bridgehead atoms. The van der Waals surface area contributed by atoms with Gasteiger partial charge in [-0.3, -0.25) is 0 Å². The molecule has 2 rings (SSSR count). The molecule has 0 aromatic heterocycles. The molecule has 0 saturated heterocycles. The number of fused-ring (bicyclic) bond motifs is 1. The fraction of sp³-hybridized carbons (Fsp3) is 0.625. The standard InChI is InChI=1S/C16H26N2O2/c1-3-18(4-2)10-9-17-16(12-19)13-20-11-14-7-5-6-8-15(14)16/h5-8,17,19H,3-4,9-13H2,1-2H3. The SMILES string of the molecule is CCN(CC)CCNC1(CO)COCc2ccccc21. The van der Waals surface area contributed by atoms with E-state index in [2.05, 4.69) is 36.2 Å². The summed E-state index contributed by atoms with van der Waals surface area (Å²) in [7, 11) is 0. The van der Waals surface area contributed by atoms with E-state index in [4.69, 9.17) is 4.74 Å². The van der Waals surface area contributed by atoms with E-state index in [9.17, 15) is 5.11 Å². The number of nitrogens with zero attached hydrogens (tertiary/aromatic N) is 1. The number of hydrogen-bond donors (Lipinski definition) is 2. The molecule has 1 aliphatic heterocycles. The van der Waals surface area contributed by atoms with Crippen LogP contribution in [0.4, 0.5) is 0 Å². The summed E-state index contributed by atoms with van der Waals surface area (Å²) in [6, 6.07) is 8.22. The monoisotopic (exact) mass is 278 g/mol. The summed E-state index contributed by atoms with van der Waals surface area (Å²) < 4.78 is 5.68. The van der Waals surface area contributed by atoms with Gasteiger partial charge in [0.2, 0.25) is 0 Å². The number of aliphatic hydroxyl groups excluding tert-OH is 1. The first kappa shape index (κ1) is 15.4. The fourth-order valence-corrected chi connectivity index (χ4v) is 2.85. The molecule has 112 valence electrons. The maximum absolute atomic E-state index is 9.91. The summed E-state index contributed by atoms with van der Waals surface area (Å²) in [5.41, 5.74) is 1.89. The first-order valence-electron chi connectivity index (χ1n) is 7.50. The highest BCUT2D eigenvalue weighted by Gasteiger charge is 2.36. The zero-order valence-corrected chi connectivity index (χ0v) is 12.6. The number of nitrogens with one attached hydrogen (secondary N) is 1. The van der Waals surface area contributed by atoms with Gasteiger partial charge in [-0.1, -0.05) is 38.1 Å². The Hall–Kier alpha value is -0.940. The number of rotatable bonds is 7. The van der Waals surface area contributed by atoms with E-state index in [-0.39, 0.29) is 6.61 Å². The first-order chi connectivity index (χ1) is 9.75. The van der Waals surface area contributed by atoms with Crippen LogP contribution in [0.2, 0.25) is 0 Å². The lowest BCUT2D eigenvalue weighted by Gasteiger charge is -2.39. The number of likely N-dealkylation sites (N-methyl/N-ethyl adjacent to an activating group) is 1. The van der Waals surface area contributed by atoms with E-state index < -0.39 is 5.54 Å². The third-order valence-electron chi connectivity index (χ3n) is 4.19. The van der Waals surface area contributed by atoms with E-state index in [1.165, 1.54) is 11.1 Å². The smallest absolute Gasteiger partial charge is 0.0910 e. The lowest BCUT2D eigenvalue weighted by Crippen LogP contribution is -2.53. The van der Waals surface area contributed by atoms with E-state index >= 15 is 0 Å². The molecule has 0 spiro atoms. The largest absolute Gasteiger partial charge is 0.394 e. The Bertz CT molecular complexity index is 421. The zero-order chi connectivity index (χ0) is 14.4. The number of hydrogen-bond acceptors (Lipinski definition) is 4. The van der Waals surface area contributed by atoms with Crippen molar-refractivity contribution < 1.29 is 9.84 Å². The molecular formula is C16H26N2O2. The summed E-state index contributed by atoms with van der Waals surface area (Å²) >= 11 is 0. The van der Waals surface area contributed by atoms with E-state index in [0.29, 0.717) is 13.2 Å². The van der Waals surface area contributed by atoms with Crippen molar-refractivity contribution in [3.8, 4) is 0 Å². The van der Waals surface area contributed by atoms with Gasteiger partial charge in [-0.15, -0.1) is 0 Å². The van der Waals surface area contributed by atoms with Crippen molar-refractivity contribution in [1.29, 1.82) is 0 Å².